The number of carbonyl (C=O) groups is 1. The van der Waals surface area contributed by atoms with Crippen molar-refractivity contribution in [2.75, 3.05) is 11.1 Å². The molecule has 0 saturated heterocycles. The fourth-order valence-electron chi connectivity index (χ4n) is 1.17. The summed E-state index contributed by atoms with van der Waals surface area (Å²) in [7, 11) is 0. The Balaban J connectivity index is 3.04. The maximum atomic E-state index is 10.9. The van der Waals surface area contributed by atoms with Gasteiger partial charge >= 0.3 is 0 Å². The molecule has 1 aromatic carbocycles. The van der Waals surface area contributed by atoms with Crippen molar-refractivity contribution in [2.24, 2.45) is 0 Å². The Morgan fingerprint density at radius 2 is 2.35 bits per heavy atom. The average molecular weight is 250 g/mol. The van der Waals surface area contributed by atoms with Crippen LogP contribution >= 0.6 is 11.8 Å². The molecule has 0 aromatic heterocycles. The van der Waals surface area contributed by atoms with E-state index in [0.717, 1.165) is 0 Å². The first-order valence-electron chi connectivity index (χ1n) is 4.67. The third-order valence-corrected chi connectivity index (χ3v) is 2.70. The Hall–Kier alpha value is -2.00. The second kappa shape index (κ2) is 5.92. The molecule has 0 aliphatic heterocycles. The number of hydrogen-bond acceptors (Lipinski definition) is 4. The summed E-state index contributed by atoms with van der Waals surface area (Å²) < 4.78 is 0. The van der Waals surface area contributed by atoms with Gasteiger partial charge in [0.05, 0.1) is 10.7 Å². The van der Waals surface area contributed by atoms with E-state index in [-0.39, 0.29) is 17.3 Å². The molecule has 0 aliphatic rings. The number of carbonyl (C=O) groups excluding carboxylic acids is 1. The monoisotopic (exact) mass is 250 g/mol. The Morgan fingerprint density at radius 3 is 2.88 bits per heavy atom. The van der Waals surface area contributed by atoms with E-state index in [9.17, 15) is 14.9 Å². The van der Waals surface area contributed by atoms with Gasteiger partial charge in [0.1, 0.15) is 5.69 Å². The average Bonchev–Trinajstić information content (AvgIpc) is 2.26. The number of benzene rings is 1. The molecule has 0 unspecified atom stereocenters. The van der Waals surface area contributed by atoms with Crippen LogP contribution in [0.5, 0.6) is 0 Å². The van der Waals surface area contributed by atoms with E-state index in [2.05, 4.69) is 11.2 Å². The molecule has 0 radical (unpaired) electrons. The summed E-state index contributed by atoms with van der Waals surface area (Å²) in [6.45, 7) is 1.30. The minimum atomic E-state index is -0.537. The van der Waals surface area contributed by atoms with Gasteiger partial charge in [0.25, 0.3) is 5.69 Å². The Labute approximate surface area is 103 Å². The molecule has 0 saturated carbocycles. The van der Waals surface area contributed by atoms with Gasteiger partial charge in [0.2, 0.25) is 5.91 Å². The highest BCUT2D eigenvalue weighted by Gasteiger charge is 2.15. The molecule has 0 atom stereocenters. The van der Waals surface area contributed by atoms with E-state index >= 15 is 0 Å². The lowest BCUT2D eigenvalue weighted by Crippen LogP contribution is -2.07. The van der Waals surface area contributed by atoms with Crippen LogP contribution in [0.2, 0.25) is 0 Å². The molecule has 1 rings (SSSR count). The summed E-state index contributed by atoms with van der Waals surface area (Å²) in [5.74, 6) is 2.53. The molecule has 1 N–H and O–H groups in total. The largest absolute Gasteiger partial charge is 0.321 e. The van der Waals surface area contributed by atoms with Gasteiger partial charge in [-0.3, -0.25) is 14.9 Å². The topological polar surface area (TPSA) is 72.2 Å². The van der Waals surface area contributed by atoms with Gasteiger partial charge in [-0.25, -0.2) is 0 Å². The van der Waals surface area contributed by atoms with Crippen LogP contribution in [0.4, 0.5) is 11.4 Å². The van der Waals surface area contributed by atoms with E-state index in [1.165, 1.54) is 30.8 Å². The van der Waals surface area contributed by atoms with Gasteiger partial charge < -0.3 is 5.32 Å². The first-order chi connectivity index (χ1) is 8.04. The van der Waals surface area contributed by atoms with Gasteiger partial charge in [-0.15, -0.1) is 18.2 Å². The molecule has 6 heteroatoms. The quantitative estimate of drug-likeness (QED) is 0.385. The number of nitro benzene ring substituents is 1. The number of hydrogen-bond donors (Lipinski definition) is 1. The maximum absolute atomic E-state index is 10.9. The van der Waals surface area contributed by atoms with E-state index < -0.39 is 4.92 Å². The Bertz CT molecular complexity index is 494. The Kier molecular flexibility index (Phi) is 4.55. The van der Waals surface area contributed by atoms with Gasteiger partial charge in [0.15, 0.2) is 0 Å². The number of nitrogens with zero attached hydrogens (tertiary/aromatic N) is 1. The third-order valence-electron chi connectivity index (χ3n) is 1.80. The van der Waals surface area contributed by atoms with E-state index in [1.54, 1.807) is 6.07 Å². The Morgan fingerprint density at radius 1 is 1.65 bits per heavy atom. The summed E-state index contributed by atoms with van der Waals surface area (Å²) in [5.41, 5.74) is 0.0507. The van der Waals surface area contributed by atoms with Crippen LogP contribution in [0.1, 0.15) is 6.92 Å². The number of rotatable bonds is 4. The SMILES string of the molecule is C#CCSc1ccc(NC(C)=O)c([N+](=O)[O-])c1. The summed E-state index contributed by atoms with van der Waals surface area (Å²) in [6.07, 6.45) is 5.11. The summed E-state index contributed by atoms with van der Waals surface area (Å²) in [6, 6.07) is 4.58. The number of terminal acetylenes is 1. The molecular formula is C11H10N2O3S. The second-order valence-electron chi connectivity index (χ2n) is 3.11. The van der Waals surface area contributed by atoms with Crippen LogP contribution in [0.3, 0.4) is 0 Å². The number of nitro groups is 1. The van der Waals surface area contributed by atoms with Crippen LogP contribution in [0.25, 0.3) is 0 Å². The molecule has 0 bridgehead atoms. The van der Waals surface area contributed by atoms with Crippen LogP contribution in [-0.4, -0.2) is 16.6 Å². The molecule has 5 nitrogen and oxygen atoms in total. The van der Waals surface area contributed by atoms with Crippen molar-refractivity contribution in [3.8, 4) is 12.3 Å². The number of amides is 1. The van der Waals surface area contributed by atoms with E-state index in [1.807, 2.05) is 0 Å². The first-order valence-corrected chi connectivity index (χ1v) is 5.65. The lowest BCUT2D eigenvalue weighted by molar-refractivity contribution is -0.384. The van der Waals surface area contributed by atoms with Crippen molar-refractivity contribution < 1.29 is 9.72 Å². The maximum Gasteiger partial charge on any atom is 0.293 e. The number of anilines is 1. The minimum Gasteiger partial charge on any atom is -0.321 e. The number of nitrogens with one attached hydrogen (secondary N) is 1. The molecule has 0 spiro atoms. The molecule has 88 valence electrons. The zero-order valence-electron chi connectivity index (χ0n) is 9.10. The molecule has 1 aromatic rings. The van der Waals surface area contributed by atoms with Gasteiger partial charge in [-0.2, -0.15) is 0 Å². The summed E-state index contributed by atoms with van der Waals surface area (Å²) in [5, 5.41) is 13.2. The smallest absolute Gasteiger partial charge is 0.293 e. The van der Waals surface area contributed by atoms with Crippen LogP contribution in [0, 0.1) is 22.5 Å². The fraction of sp³-hybridized carbons (Fsp3) is 0.182. The lowest BCUT2D eigenvalue weighted by atomic mass is 10.2. The fourth-order valence-corrected chi connectivity index (χ4v) is 1.78. The van der Waals surface area contributed by atoms with Gasteiger partial charge in [-0.05, 0) is 12.1 Å². The molecule has 0 aliphatic carbocycles. The minimum absolute atomic E-state index is 0.137. The molecule has 0 fully saturated rings. The summed E-state index contributed by atoms with van der Waals surface area (Å²) >= 11 is 1.33. The zero-order chi connectivity index (χ0) is 12.8. The summed E-state index contributed by atoms with van der Waals surface area (Å²) in [4.78, 5) is 21.9. The lowest BCUT2D eigenvalue weighted by Gasteiger charge is -2.05. The highest BCUT2D eigenvalue weighted by Crippen LogP contribution is 2.30. The molecular weight excluding hydrogens is 240 g/mol. The van der Waals surface area contributed by atoms with E-state index in [0.29, 0.717) is 10.6 Å². The molecule has 17 heavy (non-hydrogen) atoms. The van der Waals surface area contributed by atoms with Gasteiger partial charge in [-0.1, -0.05) is 5.92 Å². The van der Waals surface area contributed by atoms with Crippen LogP contribution in [-0.2, 0) is 4.79 Å². The third kappa shape index (κ3) is 3.81. The van der Waals surface area contributed by atoms with Crippen molar-refractivity contribution >= 4 is 29.0 Å². The highest BCUT2D eigenvalue weighted by atomic mass is 32.2. The predicted octanol–water partition coefficient (Wildman–Crippen LogP) is 2.28. The van der Waals surface area contributed by atoms with Crippen molar-refractivity contribution in [3.05, 3.63) is 28.3 Å². The van der Waals surface area contributed by atoms with Crippen LogP contribution < -0.4 is 5.32 Å². The second-order valence-corrected chi connectivity index (χ2v) is 4.16. The predicted molar refractivity (Wildman–Crippen MR) is 67.0 cm³/mol. The van der Waals surface area contributed by atoms with Crippen molar-refractivity contribution in [3.63, 3.8) is 0 Å². The number of thioether (sulfide) groups is 1. The zero-order valence-corrected chi connectivity index (χ0v) is 9.91. The molecule has 0 heterocycles. The standard InChI is InChI=1S/C11H10N2O3S/c1-3-6-17-9-4-5-10(12-8(2)14)11(7-9)13(15)16/h1,4-5,7H,6H2,2H3,(H,12,14). The normalized spacial score (nSPS) is 9.41. The van der Waals surface area contributed by atoms with E-state index in [4.69, 9.17) is 6.42 Å². The molecule has 1 amide bonds. The van der Waals surface area contributed by atoms with Crippen LogP contribution in [0.15, 0.2) is 23.1 Å². The first kappa shape index (κ1) is 13.1. The highest BCUT2D eigenvalue weighted by molar-refractivity contribution is 7.99. The van der Waals surface area contributed by atoms with Crippen molar-refractivity contribution in [1.29, 1.82) is 0 Å². The van der Waals surface area contributed by atoms with Gasteiger partial charge in [0, 0.05) is 17.9 Å². The van der Waals surface area contributed by atoms with Crippen molar-refractivity contribution in [2.45, 2.75) is 11.8 Å². The van der Waals surface area contributed by atoms with Crippen molar-refractivity contribution in [1.82, 2.24) is 0 Å².